The van der Waals surface area contributed by atoms with Crippen LogP contribution in [0.5, 0.6) is 11.5 Å². The second kappa shape index (κ2) is 8.97. The lowest BCUT2D eigenvalue weighted by Crippen LogP contribution is -1.90. The normalized spacial score (nSPS) is 11.3. The molecule has 3 nitrogen and oxygen atoms in total. The van der Waals surface area contributed by atoms with E-state index in [4.69, 9.17) is 4.74 Å². The molecule has 0 unspecified atom stereocenters. The molecule has 0 atom stereocenters. The number of unbranched alkanes of at least 4 members (excludes halogenated alkanes) is 1. The number of phenolic OH excluding ortho intramolecular Hbond substituents is 1. The van der Waals surface area contributed by atoms with Crippen molar-refractivity contribution in [3.8, 4) is 11.5 Å². The van der Waals surface area contributed by atoms with E-state index in [1.165, 1.54) is 7.11 Å². The lowest BCUT2D eigenvalue weighted by Gasteiger charge is -2.04. The van der Waals surface area contributed by atoms with Crippen LogP contribution in [0.3, 0.4) is 0 Å². The summed E-state index contributed by atoms with van der Waals surface area (Å²) in [6, 6.07) is 5.26. The Morgan fingerprint density at radius 3 is 2.85 bits per heavy atom. The predicted octanol–water partition coefficient (Wildman–Crippen LogP) is 3.82. The van der Waals surface area contributed by atoms with Crippen LogP contribution < -0.4 is 4.74 Å². The maximum Gasteiger partial charge on any atom is 0.160 e. The van der Waals surface area contributed by atoms with Gasteiger partial charge in [-0.3, -0.25) is 4.79 Å². The minimum Gasteiger partial charge on any atom is -0.504 e. The predicted molar refractivity (Wildman–Crippen MR) is 81.2 cm³/mol. The number of methoxy groups -OCH3 is 1. The second-order valence-corrected chi connectivity index (χ2v) is 4.57. The highest BCUT2D eigenvalue weighted by atomic mass is 16.5. The Balaban J connectivity index is 2.45. The van der Waals surface area contributed by atoms with Gasteiger partial charge in [-0.05, 0) is 36.6 Å². The number of benzene rings is 1. The second-order valence-electron chi connectivity index (χ2n) is 4.57. The average molecular weight is 274 g/mol. The average Bonchev–Trinajstić information content (AvgIpc) is 2.46. The molecule has 0 fully saturated rings. The van der Waals surface area contributed by atoms with Crippen molar-refractivity contribution < 1.29 is 14.6 Å². The van der Waals surface area contributed by atoms with Gasteiger partial charge >= 0.3 is 0 Å². The molecular formula is C17H22O3. The van der Waals surface area contributed by atoms with Crippen molar-refractivity contribution >= 4 is 5.78 Å². The Morgan fingerprint density at radius 2 is 2.15 bits per heavy atom. The minimum absolute atomic E-state index is 0.140. The summed E-state index contributed by atoms with van der Waals surface area (Å²) in [6.45, 7) is 2.07. The summed E-state index contributed by atoms with van der Waals surface area (Å²) in [5.41, 5.74) is 1.04. The Bertz CT molecular complexity index is 487. The summed E-state index contributed by atoms with van der Waals surface area (Å²) in [6.07, 6.45) is 10.6. The van der Waals surface area contributed by atoms with Crippen LogP contribution in [-0.2, 0) is 11.2 Å². The number of ketones is 1. The van der Waals surface area contributed by atoms with Crippen molar-refractivity contribution in [2.45, 2.75) is 32.6 Å². The lowest BCUT2D eigenvalue weighted by molar-refractivity contribution is -0.114. The Kier molecular flexibility index (Phi) is 7.18. The van der Waals surface area contributed by atoms with E-state index in [2.05, 4.69) is 6.92 Å². The van der Waals surface area contributed by atoms with Gasteiger partial charge in [-0.1, -0.05) is 37.6 Å². The molecule has 0 heterocycles. The van der Waals surface area contributed by atoms with Crippen LogP contribution in [-0.4, -0.2) is 18.0 Å². The number of hydrogen-bond acceptors (Lipinski definition) is 3. The third kappa shape index (κ3) is 5.74. The van der Waals surface area contributed by atoms with Gasteiger partial charge in [0.15, 0.2) is 17.3 Å². The first-order valence-electron chi connectivity index (χ1n) is 6.89. The quantitative estimate of drug-likeness (QED) is 0.579. The van der Waals surface area contributed by atoms with Crippen molar-refractivity contribution in [3.63, 3.8) is 0 Å². The monoisotopic (exact) mass is 274 g/mol. The van der Waals surface area contributed by atoms with E-state index < -0.39 is 0 Å². The number of allylic oxidation sites excluding steroid dienone is 4. The SMILES string of the molecule is CCCCC(=O)C=CC=CCc1ccc(O)c(OC)c1. The number of hydrogen-bond donors (Lipinski definition) is 1. The molecular weight excluding hydrogens is 252 g/mol. The Morgan fingerprint density at radius 1 is 1.35 bits per heavy atom. The van der Waals surface area contributed by atoms with Gasteiger partial charge < -0.3 is 9.84 Å². The highest BCUT2D eigenvalue weighted by molar-refractivity contribution is 5.89. The highest BCUT2D eigenvalue weighted by Gasteiger charge is 2.00. The first-order valence-corrected chi connectivity index (χ1v) is 6.89. The van der Waals surface area contributed by atoms with Gasteiger partial charge in [0.05, 0.1) is 7.11 Å². The number of aromatic hydroxyl groups is 1. The van der Waals surface area contributed by atoms with E-state index in [-0.39, 0.29) is 11.5 Å². The molecule has 3 heteroatoms. The summed E-state index contributed by atoms with van der Waals surface area (Å²) < 4.78 is 5.05. The largest absolute Gasteiger partial charge is 0.504 e. The summed E-state index contributed by atoms with van der Waals surface area (Å²) in [4.78, 5) is 11.4. The number of rotatable bonds is 8. The molecule has 0 saturated heterocycles. The van der Waals surface area contributed by atoms with Crippen LogP contribution in [0.25, 0.3) is 0 Å². The fourth-order valence-electron chi connectivity index (χ4n) is 1.73. The fourth-order valence-corrected chi connectivity index (χ4v) is 1.73. The maximum absolute atomic E-state index is 11.4. The van der Waals surface area contributed by atoms with Crippen molar-refractivity contribution in [2.24, 2.45) is 0 Å². The zero-order valence-electron chi connectivity index (χ0n) is 12.1. The van der Waals surface area contributed by atoms with Crippen molar-refractivity contribution in [2.75, 3.05) is 7.11 Å². The van der Waals surface area contributed by atoms with Gasteiger partial charge in [-0.15, -0.1) is 0 Å². The van der Waals surface area contributed by atoms with Crippen LogP contribution in [0.2, 0.25) is 0 Å². The molecule has 1 aromatic carbocycles. The highest BCUT2D eigenvalue weighted by Crippen LogP contribution is 2.26. The number of carbonyl (C=O) groups excluding carboxylic acids is 1. The van der Waals surface area contributed by atoms with Crippen molar-refractivity contribution in [1.82, 2.24) is 0 Å². The molecule has 1 rings (SSSR count). The Labute approximate surface area is 120 Å². The molecule has 0 aliphatic heterocycles. The van der Waals surface area contributed by atoms with Gasteiger partial charge in [0, 0.05) is 6.42 Å². The van der Waals surface area contributed by atoms with E-state index in [9.17, 15) is 9.90 Å². The van der Waals surface area contributed by atoms with Gasteiger partial charge in [-0.2, -0.15) is 0 Å². The lowest BCUT2D eigenvalue weighted by atomic mass is 10.1. The molecule has 20 heavy (non-hydrogen) atoms. The van der Waals surface area contributed by atoms with E-state index >= 15 is 0 Å². The molecule has 0 aliphatic rings. The third-order valence-electron chi connectivity index (χ3n) is 2.90. The number of carbonyl (C=O) groups is 1. The standard InChI is InChI=1S/C17H22O3/c1-3-4-9-15(18)10-7-5-6-8-14-11-12-16(19)17(13-14)20-2/h5-7,10-13,19H,3-4,8-9H2,1-2H3. The first-order chi connectivity index (χ1) is 9.67. The minimum atomic E-state index is 0.140. The van der Waals surface area contributed by atoms with Gasteiger partial charge in [0.2, 0.25) is 0 Å². The topological polar surface area (TPSA) is 46.5 Å². The zero-order chi connectivity index (χ0) is 14.8. The summed E-state index contributed by atoms with van der Waals surface area (Å²) in [7, 11) is 1.53. The molecule has 108 valence electrons. The molecule has 0 bridgehead atoms. The molecule has 0 aliphatic carbocycles. The van der Waals surface area contributed by atoms with Crippen LogP contribution in [0.4, 0.5) is 0 Å². The van der Waals surface area contributed by atoms with E-state index in [1.807, 2.05) is 18.2 Å². The molecule has 1 aromatic rings. The number of ether oxygens (including phenoxy) is 1. The van der Waals surface area contributed by atoms with Crippen LogP contribution in [0, 0.1) is 0 Å². The Hall–Kier alpha value is -2.03. The first kappa shape index (κ1) is 16.0. The maximum atomic E-state index is 11.4. The van der Waals surface area contributed by atoms with Crippen LogP contribution >= 0.6 is 0 Å². The summed E-state index contributed by atoms with van der Waals surface area (Å²) in [5, 5.41) is 9.48. The van der Waals surface area contributed by atoms with Gasteiger partial charge in [0.1, 0.15) is 0 Å². The van der Waals surface area contributed by atoms with Crippen LogP contribution in [0.1, 0.15) is 31.7 Å². The smallest absolute Gasteiger partial charge is 0.160 e. The van der Waals surface area contributed by atoms with Gasteiger partial charge in [-0.25, -0.2) is 0 Å². The van der Waals surface area contributed by atoms with E-state index in [1.54, 1.807) is 24.3 Å². The van der Waals surface area contributed by atoms with Gasteiger partial charge in [0.25, 0.3) is 0 Å². The summed E-state index contributed by atoms with van der Waals surface area (Å²) in [5.74, 6) is 0.783. The molecule has 0 spiro atoms. The summed E-state index contributed by atoms with van der Waals surface area (Å²) >= 11 is 0. The van der Waals surface area contributed by atoms with Crippen molar-refractivity contribution in [3.05, 3.63) is 48.1 Å². The molecule has 0 amide bonds. The van der Waals surface area contributed by atoms with E-state index in [0.717, 1.165) is 24.8 Å². The third-order valence-corrected chi connectivity index (χ3v) is 2.90. The zero-order valence-corrected chi connectivity index (χ0v) is 12.1. The molecule has 0 radical (unpaired) electrons. The molecule has 0 aromatic heterocycles. The molecule has 0 saturated carbocycles. The fraction of sp³-hybridized carbons (Fsp3) is 0.353. The number of phenols is 1. The van der Waals surface area contributed by atoms with Crippen molar-refractivity contribution in [1.29, 1.82) is 0 Å². The molecule has 1 N–H and O–H groups in total. The van der Waals surface area contributed by atoms with Crippen LogP contribution in [0.15, 0.2) is 42.5 Å². The van der Waals surface area contributed by atoms with E-state index in [0.29, 0.717) is 12.2 Å².